The minimum absolute atomic E-state index is 0.165. The molecule has 0 aliphatic carbocycles. The van der Waals surface area contributed by atoms with Gasteiger partial charge >= 0.3 is 12.1 Å². The third-order valence-electron chi connectivity index (χ3n) is 2.30. The first kappa shape index (κ1) is 12.8. The summed E-state index contributed by atoms with van der Waals surface area (Å²) in [5.41, 5.74) is -0.632. The van der Waals surface area contributed by atoms with Crippen LogP contribution in [0.4, 0.5) is 9.59 Å². The van der Waals surface area contributed by atoms with Gasteiger partial charge in [-0.1, -0.05) is 0 Å². The summed E-state index contributed by atoms with van der Waals surface area (Å²) in [6.45, 7) is 5.21. The van der Waals surface area contributed by atoms with E-state index in [-0.39, 0.29) is 19.2 Å². The maximum absolute atomic E-state index is 11.7. The Morgan fingerprint density at radius 1 is 1.56 bits per heavy atom. The second-order valence-electron chi connectivity index (χ2n) is 4.82. The molecule has 1 aliphatic rings. The lowest BCUT2D eigenvalue weighted by molar-refractivity contribution is 0.0344. The van der Waals surface area contributed by atoms with E-state index in [9.17, 15) is 9.59 Å². The fourth-order valence-corrected chi connectivity index (χ4v) is 1.41. The SMILES string of the molecule is CN1C(=O)N(C(=O)OC(C)(C)C)C[C@H]1CO. The summed E-state index contributed by atoms with van der Waals surface area (Å²) >= 11 is 0. The lowest BCUT2D eigenvalue weighted by Gasteiger charge is -2.22. The van der Waals surface area contributed by atoms with Crippen molar-refractivity contribution >= 4 is 12.1 Å². The van der Waals surface area contributed by atoms with Crippen molar-refractivity contribution in [2.45, 2.75) is 32.4 Å². The summed E-state index contributed by atoms with van der Waals surface area (Å²) in [6.07, 6.45) is -0.666. The van der Waals surface area contributed by atoms with Crippen molar-refractivity contribution in [2.24, 2.45) is 0 Å². The fraction of sp³-hybridized carbons (Fsp3) is 0.800. The molecule has 1 N–H and O–H groups in total. The number of aliphatic hydroxyl groups is 1. The van der Waals surface area contributed by atoms with Crippen LogP contribution in [0.1, 0.15) is 20.8 Å². The molecule has 0 aromatic rings. The molecule has 16 heavy (non-hydrogen) atoms. The van der Waals surface area contributed by atoms with Crippen LogP contribution in [-0.4, -0.2) is 58.9 Å². The Balaban J connectivity index is 2.69. The van der Waals surface area contributed by atoms with Crippen molar-refractivity contribution in [1.82, 2.24) is 9.80 Å². The van der Waals surface area contributed by atoms with Crippen molar-refractivity contribution in [1.29, 1.82) is 0 Å². The van der Waals surface area contributed by atoms with Crippen LogP contribution in [0.2, 0.25) is 0 Å². The molecule has 3 amide bonds. The van der Waals surface area contributed by atoms with Gasteiger partial charge in [-0.05, 0) is 20.8 Å². The number of ether oxygens (including phenoxy) is 1. The van der Waals surface area contributed by atoms with E-state index >= 15 is 0 Å². The number of aliphatic hydroxyl groups excluding tert-OH is 1. The second kappa shape index (κ2) is 4.29. The smallest absolute Gasteiger partial charge is 0.418 e. The first-order chi connectivity index (χ1) is 7.26. The van der Waals surface area contributed by atoms with Gasteiger partial charge in [0, 0.05) is 7.05 Å². The van der Waals surface area contributed by atoms with Crippen molar-refractivity contribution in [3.63, 3.8) is 0 Å². The van der Waals surface area contributed by atoms with Crippen LogP contribution in [0.25, 0.3) is 0 Å². The number of carbonyl (C=O) groups excluding carboxylic acids is 2. The molecule has 1 atom stereocenters. The Labute approximate surface area is 94.8 Å². The highest BCUT2D eigenvalue weighted by atomic mass is 16.6. The molecular formula is C10H18N2O4. The Morgan fingerprint density at radius 2 is 2.12 bits per heavy atom. The molecule has 0 aromatic carbocycles. The minimum Gasteiger partial charge on any atom is -0.443 e. The lowest BCUT2D eigenvalue weighted by Crippen LogP contribution is -2.39. The minimum atomic E-state index is -0.666. The van der Waals surface area contributed by atoms with E-state index in [2.05, 4.69) is 0 Å². The highest BCUT2D eigenvalue weighted by molar-refractivity contribution is 5.92. The molecular weight excluding hydrogens is 212 g/mol. The van der Waals surface area contributed by atoms with E-state index < -0.39 is 17.7 Å². The van der Waals surface area contributed by atoms with Gasteiger partial charge in [0.05, 0.1) is 19.2 Å². The van der Waals surface area contributed by atoms with Crippen molar-refractivity contribution in [2.75, 3.05) is 20.2 Å². The molecule has 92 valence electrons. The molecule has 6 nitrogen and oxygen atoms in total. The van der Waals surface area contributed by atoms with E-state index in [0.29, 0.717) is 0 Å². The zero-order chi connectivity index (χ0) is 12.5. The Bertz CT molecular complexity index is 298. The summed E-state index contributed by atoms with van der Waals surface area (Å²) in [6, 6.07) is -0.784. The van der Waals surface area contributed by atoms with Gasteiger partial charge < -0.3 is 14.7 Å². The second-order valence-corrected chi connectivity index (χ2v) is 4.82. The third kappa shape index (κ3) is 2.63. The predicted octanol–water partition coefficient (Wildman–Crippen LogP) is 0.650. The molecule has 6 heteroatoms. The highest BCUT2D eigenvalue weighted by Crippen LogP contribution is 2.17. The maximum Gasteiger partial charge on any atom is 0.418 e. The van der Waals surface area contributed by atoms with E-state index in [4.69, 9.17) is 9.84 Å². The number of nitrogens with zero attached hydrogens (tertiary/aromatic N) is 2. The van der Waals surface area contributed by atoms with Gasteiger partial charge in [0.25, 0.3) is 0 Å². The van der Waals surface area contributed by atoms with Gasteiger partial charge in [0.1, 0.15) is 5.60 Å². The third-order valence-corrected chi connectivity index (χ3v) is 2.30. The van der Waals surface area contributed by atoms with E-state index in [1.165, 1.54) is 4.90 Å². The van der Waals surface area contributed by atoms with Crippen LogP contribution in [-0.2, 0) is 4.74 Å². The predicted molar refractivity (Wildman–Crippen MR) is 57.0 cm³/mol. The van der Waals surface area contributed by atoms with Crippen molar-refractivity contribution < 1.29 is 19.4 Å². The molecule has 1 fully saturated rings. The first-order valence-corrected chi connectivity index (χ1v) is 5.14. The average Bonchev–Trinajstić information content (AvgIpc) is 2.41. The highest BCUT2D eigenvalue weighted by Gasteiger charge is 2.39. The maximum atomic E-state index is 11.7. The van der Waals surface area contributed by atoms with Crippen LogP contribution in [0, 0.1) is 0 Å². The van der Waals surface area contributed by atoms with Crippen LogP contribution in [0.5, 0.6) is 0 Å². The van der Waals surface area contributed by atoms with Gasteiger partial charge in [-0.2, -0.15) is 0 Å². The summed E-state index contributed by atoms with van der Waals surface area (Å²) < 4.78 is 5.09. The molecule has 0 unspecified atom stereocenters. The molecule has 0 aromatic heterocycles. The number of carbonyl (C=O) groups is 2. The van der Waals surface area contributed by atoms with E-state index in [1.807, 2.05) is 0 Å². The number of amides is 3. The van der Waals surface area contributed by atoms with Crippen molar-refractivity contribution in [3.05, 3.63) is 0 Å². The molecule has 0 spiro atoms. The van der Waals surface area contributed by atoms with Crippen LogP contribution in [0.3, 0.4) is 0 Å². The molecule has 0 radical (unpaired) electrons. The number of hydrogen-bond donors (Lipinski definition) is 1. The number of hydrogen-bond acceptors (Lipinski definition) is 4. The van der Waals surface area contributed by atoms with Crippen LogP contribution >= 0.6 is 0 Å². The van der Waals surface area contributed by atoms with Gasteiger partial charge in [-0.15, -0.1) is 0 Å². The Kier molecular flexibility index (Phi) is 3.42. The summed E-state index contributed by atoms with van der Waals surface area (Å²) in [5, 5.41) is 9.01. The van der Waals surface area contributed by atoms with Crippen LogP contribution < -0.4 is 0 Å². The summed E-state index contributed by atoms with van der Waals surface area (Å²) in [4.78, 5) is 25.6. The number of urea groups is 1. The molecule has 1 rings (SSSR count). The van der Waals surface area contributed by atoms with Gasteiger partial charge in [0.15, 0.2) is 0 Å². The first-order valence-electron chi connectivity index (χ1n) is 5.14. The molecule has 1 saturated heterocycles. The number of imide groups is 1. The Hall–Kier alpha value is -1.30. The quantitative estimate of drug-likeness (QED) is 0.718. The van der Waals surface area contributed by atoms with Gasteiger partial charge in [-0.25, -0.2) is 14.5 Å². The molecule has 0 saturated carbocycles. The summed E-state index contributed by atoms with van der Waals surface area (Å²) in [5.74, 6) is 0. The van der Waals surface area contributed by atoms with Crippen LogP contribution in [0.15, 0.2) is 0 Å². The molecule has 0 bridgehead atoms. The monoisotopic (exact) mass is 230 g/mol. The largest absolute Gasteiger partial charge is 0.443 e. The number of likely N-dealkylation sites (N-methyl/N-ethyl adjacent to an activating group) is 1. The van der Waals surface area contributed by atoms with Gasteiger partial charge in [-0.3, -0.25) is 0 Å². The molecule has 1 aliphatic heterocycles. The topological polar surface area (TPSA) is 70.1 Å². The summed E-state index contributed by atoms with van der Waals surface area (Å²) in [7, 11) is 1.55. The van der Waals surface area contributed by atoms with E-state index in [0.717, 1.165) is 4.90 Å². The average molecular weight is 230 g/mol. The normalized spacial score (nSPS) is 21.6. The standard InChI is InChI=1S/C10H18N2O4/c1-10(2,3)16-9(15)12-5-7(6-13)11(4)8(12)14/h7,13H,5-6H2,1-4H3/t7-/m0/s1. The van der Waals surface area contributed by atoms with Crippen molar-refractivity contribution in [3.8, 4) is 0 Å². The zero-order valence-electron chi connectivity index (χ0n) is 10.1. The zero-order valence-corrected chi connectivity index (χ0v) is 10.1. The Morgan fingerprint density at radius 3 is 2.50 bits per heavy atom. The van der Waals surface area contributed by atoms with E-state index in [1.54, 1.807) is 27.8 Å². The fourth-order valence-electron chi connectivity index (χ4n) is 1.41. The lowest BCUT2D eigenvalue weighted by atomic mass is 10.2. The number of rotatable bonds is 1. The molecule has 1 heterocycles. The van der Waals surface area contributed by atoms with Gasteiger partial charge in [0.2, 0.25) is 0 Å².